The minimum atomic E-state index is -0.748. The van der Waals surface area contributed by atoms with E-state index in [1.807, 2.05) is 52.9 Å². The van der Waals surface area contributed by atoms with Crippen LogP contribution in [0.2, 0.25) is 0 Å². The lowest BCUT2D eigenvalue weighted by Gasteiger charge is -2.08. The lowest BCUT2D eigenvalue weighted by Crippen LogP contribution is -1.94. The van der Waals surface area contributed by atoms with Gasteiger partial charge in [0.1, 0.15) is 5.58 Å². The highest BCUT2D eigenvalue weighted by molar-refractivity contribution is 14.1. The minimum Gasteiger partial charge on any atom is -0.452 e. The normalized spacial score (nSPS) is 11.3. The highest BCUT2D eigenvalue weighted by Crippen LogP contribution is 2.38. The standard InChI is InChI=1S/C18H9F2IO2/c19-13-8-10(21)9-14(20)18(13)23-16-7-3-5-12-11-4-1-2-6-15(11)22-17(12)16/h1-9H. The quantitative estimate of drug-likeness (QED) is 0.356. The van der Waals surface area contributed by atoms with Crippen LogP contribution in [0.3, 0.4) is 0 Å². The molecule has 1 heterocycles. The number of fused-ring (bicyclic) bond motifs is 3. The van der Waals surface area contributed by atoms with Gasteiger partial charge in [-0.3, -0.25) is 0 Å². The molecule has 0 N–H and O–H groups in total. The molecule has 0 radical (unpaired) electrons. The van der Waals surface area contributed by atoms with Gasteiger partial charge in [0.25, 0.3) is 0 Å². The molecule has 0 aliphatic heterocycles. The smallest absolute Gasteiger partial charge is 0.198 e. The van der Waals surface area contributed by atoms with Crippen molar-refractivity contribution in [2.75, 3.05) is 0 Å². The van der Waals surface area contributed by atoms with Crippen LogP contribution in [-0.2, 0) is 0 Å². The van der Waals surface area contributed by atoms with E-state index in [4.69, 9.17) is 9.15 Å². The number of furan rings is 1. The molecule has 1 aromatic heterocycles. The first kappa shape index (κ1) is 14.4. The zero-order valence-corrected chi connectivity index (χ0v) is 13.8. The van der Waals surface area contributed by atoms with Gasteiger partial charge in [-0.1, -0.05) is 30.3 Å². The first-order valence-corrected chi connectivity index (χ1v) is 7.94. The molecule has 0 unspecified atom stereocenters. The number of rotatable bonds is 2. The largest absolute Gasteiger partial charge is 0.452 e. The van der Waals surface area contributed by atoms with Crippen LogP contribution in [0, 0.1) is 15.2 Å². The van der Waals surface area contributed by atoms with Crippen LogP contribution in [0.25, 0.3) is 21.9 Å². The zero-order valence-electron chi connectivity index (χ0n) is 11.6. The summed E-state index contributed by atoms with van der Waals surface area (Å²) in [6.45, 7) is 0. The highest BCUT2D eigenvalue weighted by Gasteiger charge is 2.17. The Morgan fingerprint density at radius 2 is 1.57 bits per heavy atom. The summed E-state index contributed by atoms with van der Waals surface area (Å²) in [5.41, 5.74) is 1.16. The number of benzene rings is 3. The number of hydrogen-bond donors (Lipinski definition) is 0. The van der Waals surface area contributed by atoms with E-state index >= 15 is 0 Å². The summed E-state index contributed by atoms with van der Waals surface area (Å²) in [6.07, 6.45) is 0. The predicted molar refractivity (Wildman–Crippen MR) is 92.9 cm³/mol. The van der Waals surface area contributed by atoms with E-state index in [1.54, 1.807) is 12.1 Å². The Labute approximate surface area is 143 Å². The second kappa shape index (κ2) is 5.49. The van der Waals surface area contributed by atoms with Gasteiger partial charge in [0, 0.05) is 14.3 Å². The monoisotopic (exact) mass is 422 g/mol. The summed E-state index contributed by atoms with van der Waals surface area (Å²) < 4.78 is 39.7. The Balaban J connectivity index is 1.90. The number of ether oxygens (including phenoxy) is 1. The molecule has 3 aromatic carbocycles. The summed E-state index contributed by atoms with van der Waals surface area (Å²) in [7, 11) is 0. The summed E-state index contributed by atoms with van der Waals surface area (Å²) in [5.74, 6) is -1.65. The van der Waals surface area contributed by atoms with Gasteiger partial charge < -0.3 is 9.15 Å². The van der Waals surface area contributed by atoms with Gasteiger partial charge in [0.15, 0.2) is 28.7 Å². The lowest BCUT2D eigenvalue weighted by atomic mass is 10.1. The average molecular weight is 422 g/mol. The summed E-state index contributed by atoms with van der Waals surface area (Å²) in [5, 5.41) is 1.76. The molecule has 0 saturated carbocycles. The molecular formula is C18H9F2IO2. The third kappa shape index (κ3) is 2.45. The maximum Gasteiger partial charge on any atom is 0.198 e. The Morgan fingerprint density at radius 1 is 0.870 bits per heavy atom. The van der Waals surface area contributed by atoms with Crippen LogP contribution in [0.5, 0.6) is 11.5 Å². The number of halogens is 3. The van der Waals surface area contributed by atoms with Gasteiger partial charge in [0.05, 0.1) is 0 Å². The molecule has 0 aliphatic carbocycles. The van der Waals surface area contributed by atoms with Crippen molar-refractivity contribution in [3.63, 3.8) is 0 Å². The van der Waals surface area contributed by atoms with E-state index in [2.05, 4.69) is 0 Å². The molecule has 23 heavy (non-hydrogen) atoms. The van der Waals surface area contributed by atoms with Crippen molar-refractivity contribution < 1.29 is 17.9 Å². The summed E-state index contributed by atoms with van der Waals surface area (Å²) >= 11 is 1.85. The van der Waals surface area contributed by atoms with Crippen LogP contribution in [0.1, 0.15) is 0 Å². The van der Waals surface area contributed by atoms with Crippen molar-refractivity contribution in [3.8, 4) is 11.5 Å². The highest BCUT2D eigenvalue weighted by atomic mass is 127. The maximum atomic E-state index is 14.0. The molecule has 0 spiro atoms. The molecule has 0 bridgehead atoms. The predicted octanol–water partition coefficient (Wildman–Crippen LogP) is 6.26. The van der Waals surface area contributed by atoms with E-state index < -0.39 is 17.4 Å². The Kier molecular flexibility index (Phi) is 3.45. The summed E-state index contributed by atoms with van der Waals surface area (Å²) in [4.78, 5) is 0. The molecule has 0 amide bonds. The zero-order chi connectivity index (χ0) is 16.0. The third-order valence-electron chi connectivity index (χ3n) is 3.54. The van der Waals surface area contributed by atoms with Gasteiger partial charge in [-0.2, -0.15) is 0 Å². The van der Waals surface area contributed by atoms with Crippen molar-refractivity contribution in [3.05, 3.63) is 69.8 Å². The van der Waals surface area contributed by atoms with Crippen LogP contribution in [0.15, 0.2) is 59.0 Å². The fraction of sp³-hybridized carbons (Fsp3) is 0. The van der Waals surface area contributed by atoms with E-state index in [1.165, 1.54) is 12.1 Å². The number of para-hydroxylation sites is 2. The van der Waals surface area contributed by atoms with Crippen molar-refractivity contribution in [1.82, 2.24) is 0 Å². The maximum absolute atomic E-state index is 14.0. The number of hydrogen-bond acceptors (Lipinski definition) is 2. The second-order valence-electron chi connectivity index (χ2n) is 5.03. The van der Waals surface area contributed by atoms with Crippen molar-refractivity contribution >= 4 is 44.5 Å². The van der Waals surface area contributed by atoms with Crippen LogP contribution < -0.4 is 4.74 Å². The molecule has 2 nitrogen and oxygen atoms in total. The minimum absolute atomic E-state index is 0.276. The van der Waals surface area contributed by atoms with E-state index in [-0.39, 0.29) is 5.75 Å². The van der Waals surface area contributed by atoms with E-state index in [0.29, 0.717) is 14.7 Å². The second-order valence-corrected chi connectivity index (χ2v) is 6.28. The molecule has 114 valence electrons. The van der Waals surface area contributed by atoms with Crippen LogP contribution in [0.4, 0.5) is 8.78 Å². The van der Waals surface area contributed by atoms with Gasteiger partial charge in [-0.05, 0) is 46.9 Å². The Morgan fingerprint density at radius 3 is 2.35 bits per heavy atom. The molecule has 5 heteroatoms. The van der Waals surface area contributed by atoms with Crippen LogP contribution in [-0.4, -0.2) is 0 Å². The van der Waals surface area contributed by atoms with Gasteiger partial charge >= 0.3 is 0 Å². The SMILES string of the molecule is Fc1cc(I)cc(F)c1Oc1cccc2c1oc1ccccc12. The molecule has 0 fully saturated rings. The first-order valence-electron chi connectivity index (χ1n) is 6.86. The topological polar surface area (TPSA) is 22.4 Å². The molecule has 0 saturated heterocycles. The van der Waals surface area contributed by atoms with E-state index in [0.717, 1.165) is 10.8 Å². The summed E-state index contributed by atoms with van der Waals surface area (Å²) in [6, 6.07) is 15.3. The first-order chi connectivity index (χ1) is 11.1. The molecule has 0 aliphatic rings. The molecule has 0 atom stereocenters. The van der Waals surface area contributed by atoms with Gasteiger partial charge in [-0.15, -0.1) is 0 Å². The fourth-order valence-corrected chi connectivity index (χ4v) is 3.08. The van der Waals surface area contributed by atoms with Crippen molar-refractivity contribution in [2.24, 2.45) is 0 Å². The fourth-order valence-electron chi connectivity index (χ4n) is 2.54. The molecular weight excluding hydrogens is 413 g/mol. The van der Waals surface area contributed by atoms with Gasteiger partial charge in [-0.25, -0.2) is 8.78 Å². The van der Waals surface area contributed by atoms with Crippen molar-refractivity contribution in [1.29, 1.82) is 0 Å². The third-order valence-corrected chi connectivity index (χ3v) is 4.17. The Bertz CT molecular complexity index is 1020. The Hall–Kier alpha value is -2.15. The average Bonchev–Trinajstić information content (AvgIpc) is 2.90. The molecule has 4 rings (SSSR count). The van der Waals surface area contributed by atoms with Gasteiger partial charge in [0.2, 0.25) is 0 Å². The van der Waals surface area contributed by atoms with Crippen molar-refractivity contribution in [2.45, 2.75) is 0 Å². The van der Waals surface area contributed by atoms with Crippen LogP contribution >= 0.6 is 22.6 Å². The van der Waals surface area contributed by atoms with E-state index in [9.17, 15) is 8.78 Å². The lowest BCUT2D eigenvalue weighted by molar-refractivity contribution is 0.405. The molecule has 4 aromatic rings.